The van der Waals surface area contributed by atoms with E-state index in [0.29, 0.717) is 41.7 Å². The highest BCUT2D eigenvalue weighted by molar-refractivity contribution is 5.68. The number of benzene rings is 1. The minimum absolute atomic E-state index is 0.0909. The molecule has 0 aliphatic heterocycles. The second kappa shape index (κ2) is 8.55. The average molecular weight is 346 g/mol. The summed E-state index contributed by atoms with van der Waals surface area (Å²) in [7, 11) is 0. The molecule has 0 atom stereocenters. The molecule has 7 heteroatoms. The van der Waals surface area contributed by atoms with Crippen LogP contribution in [0.1, 0.15) is 12.0 Å². The smallest absolute Gasteiger partial charge is 0.225 e. The van der Waals surface area contributed by atoms with Crippen molar-refractivity contribution in [1.82, 2.24) is 15.0 Å². The van der Waals surface area contributed by atoms with Crippen LogP contribution < -0.4 is 10.6 Å². The lowest BCUT2D eigenvalue weighted by molar-refractivity contribution is 0.292. The number of para-hydroxylation sites is 1. The molecule has 2 heterocycles. The zero-order chi connectivity index (χ0) is 18.2. The van der Waals surface area contributed by atoms with Crippen molar-refractivity contribution in [2.24, 2.45) is 0 Å². The van der Waals surface area contributed by atoms with Crippen LogP contribution in [0.2, 0.25) is 0 Å². The Morgan fingerprint density at radius 1 is 1.04 bits per heavy atom. The van der Waals surface area contributed by atoms with E-state index in [-0.39, 0.29) is 6.61 Å². The van der Waals surface area contributed by atoms with Crippen molar-refractivity contribution in [2.75, 3.05) is 23.8 Å². The van der Waals surface area contributed by atoms with Crippen molar-refractivity contribution in [3.63, 3.8) is 0 Å². The maximum absolute atomic E-state index is 9.26. The first-order valence-corrected chi connectivity index (χ1v) is 8.21. The van der Waals surface area contributed by atoms with Gasteiger partial charge >= 0.3 is 0 Å². The first-order valence-electron chi connectivity index (χ1n) is 8.21. The van der Waals surface area contributed by atoms with Crippen LogP contribution in [0.15, 0.2) is 54.7 Å². The summed E-state index contributed by atoms with van der Waals surface area (Å²) in [5, 5.41) is 24.5. The van der Waals surface area contributed by atoms with Gasteiger partial charge in [0.15, 0.2) is 0 Å². The Morgan fingerprint density at radius 2 is 1.88 bits per heavy atom. The molecule has 0 bridgehead atoms. The number of anilines is 3. The fourth-order valence-corrected chi connectivity index (χ4v) is 2.34. The van der Waals surface area contributed by atoms with Gasteiger partial charge in [0.2, 0.25) is 5.95 Å². The van der Waals surface area contributed by atoms with Crippen LogP contribution in [0.5, 0.6) is 0 Å². The summed E-state index contributed by atoms with van der Waals surface area (Å²) in [6.07, 6.45) is 2.30. The summed E-state index contributed by atoms with van der Waals surface area (Å²) in [6, 6.07) is 16.8. The molecule has 3 N–H and O–H groups in total. The second-order valence-corrected chi connectivity index (χ2v) is 5.46. The number of aliphatic hydroxyl groups is 1. The van der Waals surface area contributed by atoms with Gasteiger partial charge in [0.1, 0.15) is 11.9 Å². The van der Waals surface area contributed by atoms with Crippen molar-refractivity contribution in [2.45, 2.75) is 6.42 Å². The fourth-order valence-electron chi connectivity index (χ4n) is 2.34. The van der Waals surface area contributed by atoms with E-state index in [0.717, 1.165) is 5.69 Å². The van der Waals surface area contributed by atoms with Gasteiger partial charge in [0, 0.05) is 25.4 Å². The van der Waals surface area contributed by atoms with E-state index in [1.165, 1.54) is 0 Å². The van der Waals surface area contributed by atoms with E-state index in [1.807, 2.05) is 36.4 Å². The number of hydrogen-bond acceptors (Lipinski definition) is 7. The van der Waals surface area contributed by atoms with E-state index >= 15 is 0 Å². The lowest BCUT2D eigenvalue weighted by Gasteiger charge is -2.11. The van der Waals surface area contributed by atoms with Crippen molar-refractivity contribution in [1.29, 1.82) is 5.26 Å². The predicted molar refractivity (Wildman–Crippen MR) is 99.9 cm³/mol. The van der Waals surface area contributed by atoms with Gasteiger partial charge in [0.25, 0.3) is 0 Å². The molecule has 0 unspecified atom stereocenters. The van der Waals surface area contributed by atoms with Gasteiger partial charge in [-0.1, -0.05) is 18.2 Å². The van der Waals surface area contributed by atoms with Gasteiger partial charge in [-0.2, -0.15) is 10.2 Å². The SMILES string of the molecule is N#Cc1ccccc1Nc1cc(-c2ccccn2)nc(NCCCO)n1. The van der Waals surface area contributed by atoms with Crippen molar-refractivity contribution in [3.8, 4) is 17.5 Å². The number of hydrogen-bond donors (Lipinski definition) is 3. The Balaban J connectivity index is 1.95. The molecule has 130 valence electrons. The Morgan fingerprint density at radius 3 is 2.65 bits per heavy atom. The molecule has 0 spiro atoms. The third-order valence-electron chi connectivity index (χ3n) is 3.58. The topological polar surface area (TPSA) is 107 Å². The highest BCUT2D eigenvalue weighted by atomic mass is 16.3. The Labute approximate surface area is 151 Å². The van der Waals surface area contributed by atoms with E-state index in [1.54, 1.807) is 18.3 Å². The summed E-state index contributed by atoms with van der Waals surface area (Å²) < 4.78 is 0. The third-order valence-corrected chi connectivity index (χ3v) is 3.58. The van der Waals surface area contributed by atoms with Crippen LogP contribution in [0.25, 0.3) is 11.4 Å². The first-order chi connectivity index (χ1) is 12.8. The average Bonchev–Trinajstić information content (AvgIpc) is 2.69. The minimum atomic E-state index is 0.0909. The Kier molecular flexibility index (Phi) is 5.70. The molecule has 1 aromatic carbocycles. The first kappa shape index (κ1) is 17.3. The number of nitrogens with one attached hydrogen (secondary N) is 2. The molecular weight excluding hydrogens is 328 g/mol. The normalized spacial score (nSPS) is 10.2. The third kappa shape index (κ3) is 4.32. The molecule has 3 aromatic rings. The monoisotopic (exact) mass is 346 g/mol. The molecule has 26 heavy (non-hydrogen) atoms. The number of nitriles is 1. The van der Waals surface area contributed by atoms with E-state index in [4.69, 9.17) is 5.11 Å². The molecule has 0 radical (unpaired) electrons. The van der Waals surface area contributed by atoms with Gasteiger partial charge in [-0.15, -0.1) is 0 Å². The van der Waals surface area contributed by atoms with Crippen LogP contribution >= 0.6 is 0 Å². The summed E-state index contributed by atoms with van der Waals surface area (Å²) in [5.74, 6) is 0.980. The number of rotatable bonds is 7. The van der Waals surface area contributed by atoms with Gasteiger partial charge in [0.05, 0.1) is 22.6 Å². The van der Waals surface area contributed by atoms with Crippen LogP contribution in [0.3, 0.4) is 0 Å². The predicted octanol–water partition coefficient (Wildman–Crippen LogP) is 2.95. The number of nitrogens with zero attached hydrogens (tertiary/aromatic N) is 4. The molecule has 0 saturated carbocycles. The second-order valence-electron chi connectivity index (χ2n) is 5.46. The largest absolute Gasteiger partial charge is 0.396 e. The molecular formula is C19H18N6O. The zero-order valence-corrected chi connectivity index (χ0v) is 14.1. The van der Waals surface area contributed by atoms with Crippen LogP contribution in [-0.4, -0.2) is 33.2 Å². The fraction of sp³-hybridized carbons (Fsp3) is 0.158. The molecule has 0 fully saturated rings. The van der Waals surface area contributed by atoms with Crippen molar-refractivity contribution < 1.29 is 5.11 Å². The number of aliphatic hydroxyl groups excluding tert-OH is 1. The van der Waals surface area contributed by atoms with Gasteiger partial charge in [-0.3, -0.25) is 4.98 Å². The van der Waals surface area contributed by atoms with Crippen LogP contribution in [0.4, 0.5) is 17.5 Å². The highest BCUT2D eigenvalue weighted by Crippen LogP contribution is 2.24. The molecule has 3 rings (SSSR count). The Bertz CT molecular complexity index is 907. The van der Waals surface area contributed by atoms with Gasteiger partial charge in [-0.25, -0.2) is 4.98 Å². The molecule has 0 aliphatic carbocycles. The number of pyridine rings is 1. The Hall–Kier alpha value is -3.50. The maximum atomic E-state index is 9.26. The lowest BCUT2D eigenvalue weighted by Crippen LogP contribution is -2.09. The standard InChI is InChI=1S/C19H18N6O/c20-13-14-6-1-2-7-15(14)23-18-12-17(16-8-3-4-9-21-16)24-19(25-18)22-10-5-11-26/h1-4,6-9,12,26H,5,10-11H2,(H2,22,23,24,25). The molecule has 7 nitrogen and oxygen atoms in total. The van der Waals surface area contributed by atoms with Crippen LogP contribution in [-0.2, 0) is 0 Å². The zero-order valence-electron chi connectivity index (χ0n) is 14.1. The number of aromatic nitrogens is 3. The minimum Gasteiger partial charge on any atom is -0.396 e. The molecule has 0 aliphatic rings. The molecule has 0 saturated heterocycles. The highest BCUT2D eigenvalue weighted by Gasteiger charge is 2.09. The lowest BCUT2D eigenvalue weighted by atomic mass is 10.2. The quantitative estimate of drug-likeness (QED) is 0.565. The molecule has 0 amide bonds. The van der Waals surface area contributed by atoms with Gasteiger partial charge in [-0.05, 0) is 30.7 Å². The van der Waals surface area contributed by atoms with Crippen LogP contribution in [0, 0.1) is 11.3 Å². The summed E-state index contributed by atoms with van der Waals surface area (Å²) in [5.41, 5.74) is 2.57. The maximum Gasteiger partial charge on any atom is 0.225 e. The summed E-state index contributed by atoms with van der Waals surface area (Å²) in [4.78, 5) is 13.3. The van der Waals surface area contributed by atoms with Crippen molar-refractivity contribution >= 4 is 17.5 Å². The van der Waals surface area contributed by atoms with E-state index in [2.05, 4.69) is 31.7 Å². The molecule has 2 aromatic heterocycles. The van der Waals surface area contributed by atoms with E-state index in [9.17, 15) is 5.26 Å². The summed E-state index contributed by atoms with van der Waals surface area (Å²) >= 11 is 0. The van der Waals surface area contributed by atoms with Crippen molar-refractivity contribution in [3.05, 3.63) is 60.3 Å². The summed E-state index contributed by atoms with van der Waals surface area (Å²) in [6.45, 7) is 0.643. The van der Waals surface area contributed by atoms with E-state index < -0.39 is 0 Å². The van der Waals surface area contributed by atoms with Gasteiger partial charge < -0.3 is 15.7 Å².